The number of amides is 3. The number of likely N-dealkylation sites (tertiary alicyclic amines) is 1. The molecule has 2 aliphatic heterocycles. The Morgan fingerprint density at radius 2 is 1.69 bits per heavy atom. The van der Waals surface area contributed by atoms with E-state index in [9.17, 15) is 14.7 Å². The van der Waals surface area contributed by atoms with Crippen LogP contribution in [0, 0.1) is 0 Å². The van der Waals surface area contributed by atoms with Crippen LogP contribution < -0.4 is 9.47 Å². The van der Waals surface area contributed by atoms with Gasteiger partial charge in [-0.05, 0) is 49.1 Å². The average Bonchev–Trinajstić information content (AvgIpc) is 3.07. The highest BCUT2D eigenvalue weighted by Crippen LogP contribution is 2.38. The number of piperidine rings is 1. The molecule has 2 aromatic carbocycles. The molecule has 0 aromatic heterocycles. The molecular formula is C27H35N3O6. The van der Waals surface area contributed by atoms with E-state index >= 15 is 0 Å². The van der Waals surface area contributed by atoms with Crippen LogP contribution in [0.2, 0.25) is 0 Å². The fourth-order valence-corrected chi connectivity index (χ4v) is 5.08. The number of phenols is 1. The minimum absolute atomic E-state index is 0.123. The summed E-state index contributed by atoms with van der Waals surface area (Å²) >= 11 is 0. The molecule has 9 heteroatoms. The summed E-state index contributed by atoms with van der Waals surface area (Å²) < 4.78 is 16.3. The van der Waals surface area contributed by atoms with Gasteiger partial charge in [0.05, 0.1) is 20.3 Å². The number of rotatable bonds is 11. The lowest BCUT2D eigenvalue weighted by atomic mass is 9.85. The van der Waals surface area contributed by atoms with Gasteiger partial charge >= 0.3 is 6.03 Å². The molecule has 2 aromatic rings. The van der Waals surface area contributed by atoms with Crippen molar-refractivity contribution in [2.75, 3.05) is 53.6 Å². The summed E-state index contributed by atoms with van der Waals surface area (Å²) in [7, 11) is 3.17. The second-order valence-electron chi connectivity index (χ2n) is 9.25. The number of hydrogen-bond acceptors (Lipinski definition) is 7. The smallest absolute Gasteiger partial charge is 0.327 e. The van der Waals surface area contributed by atoms with E-state index in [1.165, 1.54) is 4.90 Å². The van der Waals surface area contributed by atoms with Gasteiger partial charge in [-0.25, -0.2) is 4.79 Å². The largest absolute Gasteiger partial charge is 0.508 e. The van der Waals surface area contributed by atoms with Crippen molar-refractivity contribution >= 4 is 11.9 Å². The zero-order chi connectivity index (χ0) is 25.5. The van der Waals surface area contributed by atoms with Crippen molar-refractivity contribution in [3.63, 3.8) is 0 Å². The lowest BCUT2D eigenvalue weighted by Crippen LogP contribution is -2.57. The SMILES string of the molecule is COCCN1C(=O)N(CCCOc2ccccc2)C(=O)C12CCN(Cc1cc(O)cc(OC)c1)CC2. The van der Waals surface area contributed by atoms with E-state index in [4.69, 9.17) is 14.2 Å². The third-order valence-electron chi connectivity index (χ3n) is 6.95. The number of aromatic hydroxyl groups is 1. The fraction of sp³-hybridized carbons (Fsp3) is 0.481. The van der Waals surface area contributed by atoms with Gasteiger partial charge in [-0.3, -0.25) is 14.6 Å². The van der Waals surface area contributed by atoms with E-state index in [-0.39, 0.29) is 17.7 Å². The van der Waals surface area contributed by atoms with Gasteiger partial charge < -0.3 is 24.2 Å². The van der Waals surface area contributed by atoms with E-state index in [1.807, 2.05) is 36.4 Å². The minimum atomic E-state index is -0.844. The molecule has 4 rings (SSSR count). The van der Waals surface area contributed by atoms with Crippen molar-refractivity contribution in [1.29, 1.82) is 0 Å². The molecule has 9 nitrogen and oxygen atoms in total. The second kappa shape index (κ2) is 11.6. The molecule has 0 atom stereocenters. The lowest BCUT2D eigenvalue weighted by Gasteiger charge is -2.42. The van der Waals surface area contributed by atoms with Gasteiger partial charge in [-0.2, -0.15) is 0 Å². The third kappa shape index (κ3) is 5.57. The van der Waals surface area contributed by atoms with Crippen LogP contribution in [0.4, 0.5) is 4.79 Å². The number of benzene rings is 2. The van der Waals surface area contributed by atoms with Gasteiger partial charge in [0, 0.05) is 45.9 Å². The summed E-state index contributed by atoms with van der Waals surface area (Å²) in [5, 5.41) is 9.97. The highest BCUT2D eigenvalue weighted by Gasteiger charge is 2.57. The van der Waals surface area contributed by atoms with Crippen molar-refractivity contribution in [1.82, 2.24) is 14.7 Å². The Labute approximate surface area is 212 Å². The van der Waals surface area contributed by atoms with Gasteiger partial charge in [0.1, 0.15) is 22.8 Å². The molecule has 36 heavy (non-hydrogen) atoms. The molecule has 1 spiro atoms. The maximum atomic E-state index is 13.6. The summed E-state index contributed by atoms with van der Waals surface area (Å²) in [6.45, 7) is 3.44. The maximum absolute atomic E-state index is 13.6. The summed E-state index contributed by atoms with van der Waals surface area (Å²) in [4.78, 5) is 32.3. The Balaban J connectivity index is 1.39. The molecule has 2 heterocycles. The first-order valence-corrected chi connectivity index (χ1v) is 12.4. The van der Waals surface area contributed by atoms with Gasteiger partial charge in [0.15, 0.2) is 0 Å². The van der Waals surface area contributed by atoms with E-state index < -0.39 is 5.54 Å². The number of carbonyl (C=O) groups is 2. The first-order chi connectivity index (χ1) is 17.5. The molecule has 2 saturated heterocycles. The van der Waals surface area contributed by atoms with Gasteiger partial charge in [0.2, 0.25) is 0 Å². The molecule has 0 bridgehead atoms. The van der Waals surface area contributed by atoms with E-state index in [0.29, 0.717) is 70.9 Å². The normalized spacial score (nSPS) is 17.7. The standard InChI is InChI=1S/C27H35N3O6/c1-34-16-14-30-26(33)29(11-6-15-36-23-7-4-3-5-8-23)25(32)27(30)9-12-28(13-10-27)20-21-17-22(31)19-24(18-21)35-2/h3-5,7-8,17-19,31H,6,9-16,20H2,1-2H3. The highest BCUT2D eigenvalue weighted by atomic mass is 16.5. The number of hydrogen-bond donors (Lipinski definition) is 1. The van der Waals surface area contributed by atoms with E-state index in [1.54, 1.807) is 31.3 Å². The molecule has 1 N–H and O–H groups in total. The second-order valence-corrected chi connectivity index (χ2v) is 9.25. The van der Waals surface area contributed by atoms with Crippen LogP contribution in [0.5, 0.6) is 17.2 Å². The molecule has 0 unspecified atom stereocenters. The van der Waals surface area contributed by atoms with Gasteiger partial charge in [-0.1, -0.05) is 18.2 Å². The van der Waals surface area contributed by atoms with Crippen LogP contribution in [-0.2, 0) is 16.1 Å². The van der Waals surface area contributed by atoms with Crippen molar-refractivity contribution in [3.05, 3.63) is 54.1 Å². The van der Waals surface area contributed by atoms with Crippen LogP contribution in [0.1, 0.15) is 24.8 Å². The Hall–Kier alpha value is -3.30. The zero-order valence-corrected chi connectivity index (χ0v) is 21.0. The number of ether oxygens (including phenoxy) is 3. The van der Waals surface area contributed by atoms with Crippen molar-refractivity contribution in [2.24, 2.45) is 0 Å². The van der Waals surface area contributed by atoms with Crippen LogP contribution >= 0.6 is 0 Å². The predicted molar refractivity (Wildman–Crippen MR) is 134 cm³/mol. The Morgan fingerprint density at radius 3 is 2.39 bits per heavy atom. The Morgan fingerprint density at radius 1 is 0.944 bits per heavy atom. The highest BCUT2D eigenvalue weighted by molar-refractivity contribution is 6.07. The summed E-state index contributed by atoms with van der Waals surface area (Å²) in [5.74, 6) is 1.41. The Bertz CT molecular complexity index is 1040. The average molecular weight is 498 g/mol. The number of nitrogens with zero attached hydrogens (tertiary/aromatic N) is 3. The van der Waals surface area contributed by atoms with Crippen molar-refractivity contribution in [3.8, 4) is 17.2 Å². The summed E-state index contributed by atoms with van der Waals surface area (Å²) in [6.07, 6.45) is 1.66. The molecule has 0 saturated carbocycles. The first-order valence-electron chi connectivity index (χ1n) is 12.4. The number of urea groups is 1. The summed E-state index contributed by atoms with van der Waals surface area (Å²) in [6, 6.07) is 14.5. The van der Waals surface area contributed by atoms with Gasteiger partial charge in [0.25, 0.3) is 5.91 Å². The van der Waals surface area contributed by atoms with Crippen molar-refractivity contribution < 1.29 is 28.9 Å². The topological polar surface area (TPSA) is 91.8 Å². The number of methoxy groups -OCH3 is 2. The Kier molecular flexibility index (Phi) is 8.32. The molecule has 0 radical (unpaired) electrons. The maximum Gasteiger partial charge on any atom is 0.327 e. The number of imide groups is 1. The zero-order valence-electron chi connectivity index (χ0n) is 21.0. The van der Waals surface area contributed by atoms with Crippen LogP contribution in [0.15, 0.2) is 48.5 Å². The molecule has 0 aliphatic carbocycles. The van der Waals surface area contributed by atoms with Crippen molar-refractivity contribution in [2.45, 2.75) is 31.3 Å². The lowest BCUT2D eigenvalue weighted by molar-refractivity contribution is -0.136. The number of para-hydroxylation sites is 1. The fourth-order valence-electron chi connectivity index (χ4n) is 5.08. The summed E-state index contributed by atoms with van der Waals surface area (Å²) in [5.41, 5.74) is 0.0935. The first kappa shape index (κ1) is 25.8. The van der Waals surface area contributed by atoms with Crippen LogP contribution in [-0.4, -0.2) is 90.9 Å². The quantitative estimate of drug-likeness (QED) is 0.377. The molecule has 194 valence electrons. The monoisotopic (exact) mass is 497 g/mol. The van der Waals surface area contributed by atoms with Gasteiger partial charge in [-0.15, -0.1) is 0 Å². The molecule has 2 fully saturated rings. The molecule has 2 aliphatic rings. The molecular weight excluding hydrogens is 462 g/mol. The van der Waals surface area contributed by atoms with E-state index in [2.05, 4.69) is 4.90 Å². The van der Waals surface area contributed by atoms with E-state index in [0.717, 1.165) is 11.3 Å². The number of phenolic OH excluding ortho intramolecular Hbond substituents is 1. The molecule has 3 amide bonds. The third-order valence-corrected chi connectivity index (χ3v) is 6.95. The predicted octanol–water partition coefficient (Wildman–Crippen LogP) is 3.12. The minimum Gasteiger partial charge on any atom is -0.508 e. The van der Waals surface area contributed by atoms with Crippen LogP contribution in [0.3, 0.4) is 0 Å². The number of carbonyl (C=O) groups excluding carboxylic acids is 2. The van der Waals surface area contributed by atoms with Crippen LogP contribution in [0.25, 0.3) is 0 Å².